The van der Waals surface area contributed by atoms with E-state index in [1.807, 2.05) is 48.5 Å². The van der Waals surface area contributed by atoms with Gasteiger partial charge in [0.25, 0.3) is 0 Å². The molecule has 1 heterocycles. The summed E-state index contributed by atoms with van der Waals surface area (Å²) in [5.41, 5.74) is 12.7. The number of carbonyl (C=O) groups is 1. The molecule has 0 aliphatic heterocycles. The molecule has 0 radical (unpaired) electrons. The smallest absolute Gasteiger partial charge is 0.392 e. The van der Waals surface area contributed by atoms with Gasteiger partial charge in [0.2, 0.25) is 5.88 Å². The first-order valence-corrected chi connectivity index (χ1v) is 7.54. The third kappa shape index (κ3) is 2.93. The number of carbonyl (C=O) groups excluding carboxylic acids is 1. The van der Waals surface area contributed by atoms with Gasteiger partial charge in [-0.3, -0.25) is 0 Å². The SMILES string of the molecule is NCc1ccc2c(Sc3ccccc3)c(OC(N)=O)[nH]c2c1. The number of hydrogen-bond acceptors (Lipinski definition) is 4. The Bertz CT molecular complexity index is 815. The second kappa shape index (κ2) is 6.13. The van der Waals surface area contributed by atoms with Gasteiger partial charge in [-0.2, -0.15) is 0 Å². The summed E-state index contributed by atoms with van der Waals surface area (Å²) >= 11 is 1.51. The first-order valence-electron chi connectivity index (χ1n) is 6.72. The van der Waals surface area contributed by atoms with Gasteiger partial charge in [0.1, 0.15) is 0 Å². The van der Waals surface area contributed by atoms with Crippen molar-refractivity contribution in [3.05, 3.63) is 54.1 Å². The minimum absolute atomic E-state index is 0.352. The highest BCUT2D eigenvalue weighted by atomic mass is 32.2. The predicted molar refractivity (Wildman–Crippen MR) is 87.0 cm³/mol. The molecule has 1 amide bonds. The molecule has 0 saturated carbocycles. The standard InChI is InChI=1S/C16H15N3O2S/c17-9-10-6-7-12-13(8-10)19-15(21-16(18)20)14(12)22-11-4-2-1-3-5-11/h1-8,19H,9,17H2,(H2,18,20). The molecule has 0 bridgehead atoms. The van der Waals surface area contributed by atoms with E-state index in [1.54, 1.807) is 0 Å². The molecule has 0 fully saturated rings. The number of ether oxygens (including phenoxy) is 1. The van der Waals surface area contributed by atoms with Crippen molar-refractivity contribution in [2.24, 2.45) is 11.5 Å². The van der Waals surface area contributed by atoms with Crippen LogP contribution in [0.2, 0.25) is 0 Å². The molecule has 1 aromatic heterocycles. The van der Waals surface area contributed by atoms with Gasteiger partial charge in [-0.05, 0) is 23.8 Å². The van der Waals surface area contributed by atoms with Crippen LogP contribution in [0.1, 0.15) is 5.56 Å². The Labute approximate surface area is 131 Å². The maximum absolute atomic E-state index is 11.1. The maximum Gasteiger partial charge on any atom is 0.411 e. The summed E-state index contributed by atoms with van der Waals surface area (Å²) in [4.78, 5) is 16.1. The number of nitrogens with two attached hydrogens (primary N) is 2. The molecular weight excluding hydrogens is 298 g/mol. The average Bonchev–Trinajstić information content (AvgIpc) is 2.84. The van der Waals surface area contributed by atoms with Gasteiger partial charge in [-0.25, -0.2) is 4.79 Å². The lowest BCUT2D eigenvalue weighted by Gasteiger charge is -2.04. The summed E-state index contributed by atoms with van der Waals surface area (Å²) in [6, 6.07) is 15.7. The molecule has 3 rings (SSSR count). The van der Waals surface area contributed by atoms with Crippen molar-refractivity contribution < 1.29 is 9.53 Å². The normalized spacial score (nSPS) is 10.8. The molecule has 3 aromatic rings. The van der Waals surface area contributed by atoms with E-state index in [1.165, 1.54) is 11.8 Å². The molecular formula is C16H15N3O2S. The van der Waals surface area contributed by atoms with Gasteiger partial charge in [-0.1, -0.05) is 42.1 Å². The van der Waals surface area contributed by atoms with E-state index in [0.717, 1.165) is 26.3 Å². The van der Waals surface area contributed by atoms with Crippen LogP contribution in [-0.4, -0.2) is 11.1 Å². The Morgan fingerprint density at radius 3 is 2.64 bits per heavy atom. The van der Waals surface area contributed by atoms with Crippen LogP contribution in [0.3, 0.4) is 0 Å². The molecule has 6 heteroatoms. The first kappa shape index (κ1) is 14.5. The lowest BCUT2D eigenvalue weighted by Crippen LogP contribution is -2.16. The third-order valence-electron chi connectivity index (χ3n) is 3.18. The number of fused-ring (bicyclic) bond motifs is 1. The molecule has 0 atom stereocenters. The molecule has 0 saturated heterocycles. The minimum atomic E-state index is -0.847. The van der Waals surface area contributed by atoms with Crippen LogP contribution in [0.4, 0.5) is 4.79 Å². The first-order chi connectivity index (χ1) is 10.7. The fourth-order valence-electron chi connectivity index (χ4n) is 2.20. The van der Waals surface area contributed by atoms with Crippen molar-refractivity contribution in [1.29, 1.82) is 0 Å². The summed E-state index contributed by atoms with van der Waals surface area (Å²) in [5.74, 6) is 0.352. The average molecular weight is 313 g/mol. The second-order valence-electron chi connectivity index (χ2n) is 4.70. The molecule has 5 N–H and O–H groups in total. The van der Waals surface area contributed by atoms with Gasteiger partial charge in [0.05, 0.1) is 4.90 Å². The largest absolute Gasteiger partial charge is 0.411 e. The van der Waals surface area contributed by atoms with Crippen LogP contribution in [0.15, 0.2) is 58.3 Å². The van der Waals surface area contributed by atoms with Gasteiger partial charge >= 0.3 is 6.09 Å². The van der Waals surface area contributed by atoms with E-state index in [9.17, 15) is 4.79 Å². The Kier molecular flexibility index (Phi) is 4.04. The fraction of sp³-hybridized carbons (Fsp3) is 0.0625. The van der Waals surface area contributed by atoms with E-state index in [2.05, 4.69) is 4.98 Å². The van der Waals surface area contributed by atoms with Crippen molar-refractivity contribution in [2.45, 2.75) is 16.3 Å². The second-order valence-corrected chi connectivity index (χ2v) is 5.79. The van der Waals surface area contributed by atoms with Crippen molar-refractivity contribution in [1.82, 2.24) is 4.98 Å². The highest BCUT2D eigenvalue weighted by molar-refractivity contribution is 7.99. The van der Waals surface area contributed by atoms with Gasteiger partial charge in [-0.15, -0.1) is 0 Å². The number of primary amides is 1. The molecule has 5 nitrogen and oxygen atoms in total. The predicted octanol–water partition coefficient (Wildman–Crippen LogP) is 3.24. The third-order valence-corrected chi connectivity index (χ3v) is 4.30. The van der Waals surface area contributed by atoms with Gasteiger partial charge in [0.15, 0.2) is 0 Å². The van der Waals surface area contributed by atoms with Crippen LogP contribution in [-0.2, 0) is 6.54 Å². The van der Waals surface area contributed by atoms with Gasteiger partial charge in [0, 0.05) is 22.3 Å². The maximum atomic E-state index is 11.1. The number of hydrogen-bond donors (Lipinski definition) is 3. The highest BCUT2D eigenvalue weighted by Crippen LogP contribution is 2.40. The number of rotatable bonds is 4. The van der Waals surface area contributed by atoms with Crippen LogP contribution < -0.4 is 16.2 Å². The summed E-state index contributed by atoms with van der Waals surface area (Å²) in [5, 5.41) is 0.960. The summed E-state index contributed by atoms with van der Waals surface area (Å²) < 4.78 is 5.11. The quantitative estimate of drug-likeness (QED) is 0.689. The van der Waals surface area contributed by atoms with E-state index in [0.29, 0.717) is 12.4 Å². The number of H-pyrrole nitrogens is 1. The topological polar surface area (TPSA) is 94.1 Å². The molecule has 0 spiro atoms. The van der Waals surface area contributed by atoms with Crippen LogP contribution in [0, 0.1) is 0 Å². The van der Waals surface area contributed by atoms with Crippen LogP contribution in [0.25, 0.3) is 10.9 Å². The molecule has 112 valence electrons. The molecule has 0 aliphatic rings. The Hall–Kier alpha value is -2.44. The molecule has 0 unspecified atom stereocenters. The molecule has 2 aromatic carbocycles. The summed E-state index contributed by atoms with van der Waals surface area (Å²) in [6.45, 7) is 0.447. The van der Waals surface area contributed by atoms with Gasteiger partial charge < -0.3 is 21.2 Å². The van der Waals surface area contributed by atoms with E-state index in [-0.39, 0.29) is 0 Å². The Morgan fingerprint density at radius 1 is 1.18 bits per heavy atom. The van der Waals surface area contributed by atoms with Crippen molar-refractivity contribution in [2.75, 3.05) is 0 Å². The number of aromatic amines is 1. The Balaban J connectivity index is 2.09. The minimum Gasteiger partial charge on any atom is -0.392 e. The number of benzene rings is 2. The number of amides is 1. The monoisotopic (exact) mass is 313 g/mol. The van der Waals surface area contributed by atoms with E-state index in [4.69, 9.17) is 16.2 Å². The summed E-state index contributed by atoms with van der Waals surface area (Å²) in [6.07, 6.45) is -0.847. The van der Waals surface area contributed by atoms with E-state index >= 15 is 0 Å². The Morgan fingerprint density at radius 2 is 1.95 bits per heavy atom. The zero-order valence-electron chi connectivity index (χ0n) is 11.7. The zero-order chi connectivity index (χ0) is 15.5. The molecule has 22 heavy (non-hydrogen) atoms. The van der Waals surface area contributed by atoms with Crippen molar-refractivity contribution in [3.8, 4) is 5.88 Å². The zero-order valence-corrected chi connectivity index (χ0v) is 12.5. The molecule has 0 aliphatic carbocycles. The number of nitrogens with one attached hydrogen (secondary N) is 1. The lowest BCUT2D eigenvalue weighted by atomic mass is 10.2. The van der Waals surface area contributed by atoms with Crippen molar-refractivity contribution in [3.63, 3.8) is 0 Å². The van der Waals surface area contributed by atoms with Crippen LogP contribution in [0.5, 0.6) is 5.88 Å². The van der Waals surface area contributed by atoms with E-state index < -0.39 is 6.09 Å². The fourth-order valence-corrected chi connectivity index (χ4v) is 3.20. The number of aromatic nitrogens is 1. The van der Waals surface area contributed by atoms with Crippen molar-refractivity contribution >= 4 is 28.8 Å². The lowest BCUT2D eigenvalue weighted by molar-refractivity contribution is 0.208. The summed E-state index contributed by atoms with van der Waals surface area (Å²) in [7, 11) is 0. The highest BCUT2D eigenvalue weighted by Gasteiger charge is 2.16. The van der Waals surface area contributed by atoms with Crippen LogP contribution >= 0.6 is 11.8 Å².